The molecule has 0 fully saturated rings. The molecule has 0 aliphatic rings. The molecule has 0 N–H and O–H groups in total. The van der Waals surface area contributed by atoms with Crippen LogP contribution in [0.1, 0.15) is 38.1 Å². The second kappa shape index (κ2) is 7.02. The summed E-state index contributed by atoms with van der Waals surface area (Å²) in [5.74, 6) is -0.763. The number of Topliss-reactive ketones (excluding diaryl/α,β-unsaturated/α-hetero) is 1. The van der Waals surface area contributed by atoms with Crippen molar-refractivity contribution in [1.82, 2.24) is 0 Å². The summed E-state index contributed by atoms with van der Waals surface area (Å²) in [6.07, 6.45) is 0. The minimum absolute atomic E-state index is 0.213. The standard InChI is InChI=1S/C16H21BrO3/c1-11(2)10-20-15(19)16(17,12(3)4)14(18)13-8-6-5-7-9-13/h5-9,11-12H,10H2,1-4H3. The van der Waals surface area contributed by atoms with Gasteiger partial charge in [0.15, 0.2) is 10.1 Å². The number of alkyl halides is 1. The molecule has 1 atom stereocenters. The molecule has 1 aromatic rings. The van der Waals surface area contributed by atoms with Gasteiger partial charge in [0.2, 0.25) is 0 Å². The number of hydrogen-bond acceptors (Lipinski definition) is 3. The first-order valence-electron chi connectivity index (χ1n) is 6.76. The third kappa shape index (κ3) is 3.69. The maximum atomic E-state index is 12.6. The van der Waals surface area contributed by atoms with Crippen molar-refractivity contribution < 1.29 is 14.3 Å². The largest absolute Gasteiger partial charge is 0.464 e. The highest BCUT2D eigenvalue weighted by Gasteiger charge is 2.48. The zero-order valence-electron chi connectivity index (χ0n) is 12.4. The van der Waals surface area contributed by atoms with E-state index in [9.17, 15) is 9.59 Å². The Balaban J connectivity index is 3.03. The fraction of sp³-hybridized carbons (Fsp3) is 0.500. The summed E-state index contributed by atoms with van der Waals surface area (Å²) in [4.78, 5) is 25.0. The Morgan fingerprint density at radius 2 is 1.70 bits per heavy atom. The first-order chi connectivity index (χ1) is 9.30. The molecule has 110 valence electrons. The molecule has 0 heterocycles. The van der Waals surface area contributed by atoms with Gasteiger partial charge in [-0.3, -0.25) is 9.59 Å². The number of carbonyl (C=O) groups excluding carboxylic acids is 2. The molecule has 0 spiro atoms. The molecule has 0 amide bonds. The van der Waals surface area contributed by atoms with Gasteiger partial charge < -0.3 is 4.74 Å². The molecule has 0 radical (unpaired) electrons. The molecular formula is C16H21BrO3. The summed E-state index contributed by atoms with van der Waals surface area (Å²) in [5.41, 5.74) is 0.500. The summed E-state index contributed by atoms with van der Waals surface area (Å²) >= 11 is 3.34. The first kappa shape index (κ1) is 16.9. The topological polar surface area (TPSA) is 43.4 Å². The van der Waals surface area contributed by atoms with Crippen molar-refractivity contribution in [2.45, 2.75) is 32.0 Å². The van der Waals surface area contributed by atoms with Gasteiger partial charge in [-0.25, -0.2) is 0 Å². The smallest absolute Gasteiger partial charge is 0.331 e. The van der Waals surface area contributed by atoms with Gasteiger partial charge in [-0.05, 0) is 11.8 Å². The second-order valence-electron chi connectivity index (χ2n) is 5.55. The van der Waals surface area contributed by atoms with Crippen LogP contribution in [-0.4, -0.2) is 22.7 Å². The van der Waals surface area contributed by atoms with Crippen LogP contribution in [0.3, 0.4) is 0 Å². The summed E-state index contributed by atoms with van der Waals surface area (Å²) in [7, 11) is 0. The lowest BCUT2D eigenvalue weighted by atomic mass is 9.87. The van der Waals surface area contributed by atoms with Gasteiger partial charge in [0.1, 0.15) is 0 Å². The van der Waals surface area contributed by atoms with E-state index in [1.807, 2.05) is 33.8 Å². The maximum absolute atomic E-state index is 12.6. The molecule has 0 saturated carbocycles. The van der Waals surface area contributed by atoms with Crippen LogP contribution in [-0.2, 0) is 9.53 Å². The van der Waals surface area contributed by atoms with Crippen LogP contribution in [0.4, 0.5) is 0 Å². The van der Waals surface area contributed by atoms with E-state index in [4.69, 9.17) is 4.74 Å². The minimum atomic E-state index is -1.33. The monoisotopic (exact) mass is 340 g/mol. The fourth-order valence-corrected chi connectivity index (χ4v) is 2.08. The van der Waals surface area contributed by atoms with E-state index >= 15 is 0 Å². The Labute approximate surface area is 128 Å². The van der Waals surface area contributed by atoms with E-state index in [-0.39, 0.29) is 17.6 Å². The van der Waals surface area contributed by atoms with Gasteiger partial charge >= 0.3 is 5.97 Å². The number of ether oxygens (including phenoxy) is 1. The van der Waals surface area contributed by atoms with E-state index in [1.165, 1.54) is 0 Å². The van der Waals surface area contributed by atoms with Crippen molar-refractivity contribution in [3.05, 3.63) is 35.9 Å². The second-order valence-corrected chi connectivity index (χ2v) is 6.80. The predicted octanol–water partition coefficient (Wildman–Crippen LogP) is 3.86. The zero-order valence-corrected chi connectivity index (χ0v) is 13.9. The molecule has 3 nitrogen and oxygen atoms in total. The third-order valence-corrected chi connectivity index (χ3v) is 4.61. The van der Waals surface area contributed by atoms with Crippen molar-refractivity contribution in [1.29, 1.82) is 0 Å². The van der Waals surface area contributed by atoms with Gasteiger partial charge in [0.25, 0.3) is 0 Å². The number of esters is 1. The van der Waals surface area contributed by atoms with E-state index < -0.39 is 10.3 Å². The molecule has 0 aliphatic heterocycles. The number of carbonyl (C=O) groups is 2. The van der Waals surface area contributed by atoms with Crippen LogP contribution in [0.5, 0.6) is 0 Å². The lowest BCUT2D eigenvalue weighted by Crippen LogP contribution is -2.47. The average Bonchev–Trinajstić information content (AvgIpc) is 2.43. The minimum Gasteiger partial charge on any atom is -0.464 e. The highest BCUT2D eigenvalue weighted by atomic mass is 79.9. The van der Waals surface area contributed by atoms with Crippen molar-refractivity contribution in [3.63, 3.8) is 0 Å². The van der Waals surface area contributed by atoms with E-state index in [0.717, 1.165) is 0 Å². The van der Waals surface area contributed by atoms with Gasteiger partial charge in [-0.1, -0.05) is 74.0 Å². The summed E-state index contributed by atoms with van der Waals surface area (Å²) in [5, 5.41) is 0. The van der Waals surface area contributed by atoms with Crippen LogP contribution < -0.4 is 0 Å². The fourth-order valence-electron chi connectivity index (χ4n) is 1.74. The highest BCUT2D eigenvalue weighted by molar-refractivity contribution is 9.10. The molecule has 0 saturated heterocycles. The quantitative estimate of drug-likeness (QED) is 0.342. The zero-order chi connectivity index (χ0) is 15.3. The van der Waals surface area contributed by atoms with Gasteiger partial charge in [0, 0.05) is 5.56 Å². The highest BCUT2D eigenvalue weighted by Crippen LogP contribution is 2.33. The van der Waals surface area contributed by atoms with Crippen LogP contribution in [0.2, 0.25) is 0 Å². The number of rotatable bonds is 6. The van der Waals surface area contributed by atoms with Crippen molar-refractivity contribution >= 4 is 27.7 Å². The van der Waals surface area contributed by atoms with Crippen LogP contribution in [0.15, 0.2) is 30.3 Å². The maximum Gasteiger partial charge on any atom is 0.331 e. The lowest BCUT2D eigenvalue weighted by Gasteiger charge is -2.28. The predicted molar refractivity (Wildman–Crippen MR) is 83.1 cm³/mol. The third-order valence-electron chi connectivity index (χ3n) is 3.01. The number of hydrogen-bond donors (Lipinski definition) is 0. The Morgan fingerprint density at radius 1 is 1.15 bits per heavy atom. The normalized spacial score (nSPS) is 14.2. The van der Waals surface area contributed by atoms with Gasteiger partial charge in [-0.15, -0.1) is 0 Å². The average molecular weight is 341 g/mol. The molecule has 0 aliphatic carbocycles. The van der Waals surface area contributed by atoms with Crippen molar-refractivity contribution in [3.8, 4) is 0 Å². The Bertz CT molecular complexity index is 468. The Kier molecular flexibility index (Phi) is 5.93. The van der Waals surface area contributed by atoms with E-state index in [2.05, 4.69) is 15.9 Å². The number of ketones is 1. The van der Waals surface area contributed by atoms with Crippen molar-refractivity contribution in [2.75, 3.05) is 6.61 Å². The molecular weight excluding hydrogens is 320 g/mol. The van der Waals surface area contributed by atoms with Crippen LogP contribution in [0, 0.1) is 11.8 Å². The van der Waals surface area contributed by atoms with E-state index in [0.29, 0.717) is 12.2 Å². The molecule has 1 rings (SSSR count). The summed E-state index contributed by atoms with van der Waals surface area (Å²) in [6, 6.07) is 8.80. The summed E-state index contributed by atoms with van der Waals surface area (Å²) < 4.78 is 3.94. The number of halogens is 1. The molecule has 20 heavy (non-hydrogen) atoms. The Morgan fingerprint density at radius 3 is 2.15 bits per heavy atom. The van der Waals surface area contributed by atoms with Gasteiger partial charge in [-0.2, -0.15) is 0 Å². The number of benzene rings is 1. The molecule has 0 aromatic heterocycles. The van der Waals surface area contributed by atoms with Crippen molar-refractivity contribution in [2.24, 2.45) is 11.8 Å². The van der Waals surface area contributed by atoms with Crippen LogP contribution in [0.25, 0.3) is 0 Å². The van der Waals surface area contributed by atoms with Crippen LogP contribution >= 0.6 is 15.9 Å². The van der Waals surface area contributed by atoms with E-state index in [1.54, 1.807) is 24.3 Å². The molecule has 4 heteroatoms. The first-order valence-corrected chi connectivity index (χ1v) is 7.55. The Hall–Kier alpha value is -1.16. The molecule has 0 bridgehead atoms. The molecule has 1 aromatic carbocycles. The lowest BCUT2D eigenvalue weighted by molar-refractivity contribution is -0.147. The summed E-state index contributed by atoms with van der Waals surface area (Å²) in [6.45, 7) is 7.87. The van der Waals surface area contributed by atoms with Gasteiger partial charge in [0.05, 0.1) is 6.61 Å². The molecule has 1 unspecified atom stereocenters. The SMILES string of the molecule is CC(C)COC(=O)C(Br)(C(=O)c1ccccc1)C(C)C.